The van der Waals surface area contributed by atoms with E-state index in [1.807, 2.05) is 0 Å². The van der Waals surface area contributed by atoms with Gasteiger partial charge < -0.3 is 11.1 Å². The van der Waals surface area contributed by atoms with E-state index in [0.717, 1.165) is 25.9 Å². The number of nitrogens with zero attached hydrogens (tertiary/aromatic N) is 1. The summed E-state index contributed by atoms with van der Waals surface area (Å²) < 4.78 is 0. The molecule has 1 heterocycles. The maximum Gasteiger partial charge on any atom is 0.221 e. The number of carbonyl (C=O) groups excluding carboxylic acids is 1. The number of hydrogen-bond acceptors (Lipinski definition) is 3. The number of nitrogens with one attached hydrogen (secondary N) is 1. The van der Waals surface area contributed by atoms with Gasteiger partial charge in [0.25, 0.3) is 0 Å². The molecule has 1 aromatic rings. The van der Waals surface area contributed by atoms with Crippen LogP contribution in [0.2, 0.25) is 0 Å². The molecule has 3 N–H and O–H groups in total. The van der Waals surface area contributed by atoms with Gasteiger partial charge in [-0.05, 0) is 30.5 Å². The molecule has 1 aromatic carbocycles. The van der Waals surface area contributed by atoms with E-state index in [1.165, 1.54) is 11.1 Å². The molecule has 0 bridgehead atoms. The largest absolute Gasteiger partial charge is 0.359 e. The topological polar surface area (TPSA) is 58.4 Å². The summed E-state index contributed by atoms with van der Waals surface area (Å²) in [7, 11) is 1.67. The van der Waals surface area contributed by atoms with E-state index in [2.05, 4.69) is 34.5 Å². The van der Waals surface area contributed by atoms with Gasteiger partial charge in [0.15, 0.2) is 0 Å². The van der Waals surface area contributed by atoms with Gasteiger partial charge in [-0.3, -0.25) is 9.69 Å². The van der Waals surface area contributed by atoms with Gasteiger partial charge in [0.1, 0.15) is 0 Å². The molecular weight excluding hydrogens is 238 g/mol. The van der Waals surface area contributed by atoms with Crippen LogP contribution >= 0.6 is 0 Å². The first kappa shape index (κ1) is 14.0. The van der Waals surface area contributed by atoms with E-state index in [4.69, 9.17) is 5.73 Å². The number of nitrogens with two attached hydrogens (primary N) is 1. The van der Waals surface area contributed by atoms with E-state index in [0.29, 0.717) is 13.0 Å². The summed E-state index contributed by atoms with van der Waals surface area (Å²) >= 11 is 0. The minimum atomic E-state index is 0.0629. The highest BCUT2D eigenvalue weighted by Gasteiger charge is 2.22. The van der Waals surface area contributed by atoms with Crippen LogP contribution in [-0.4, -0.2) is 37.0 Å². The van der Waals surface area contributed by atoms with Crippen molar-refractivity contribution < 1.29 is 4.79 Å². The maximum absolute atomic E-state index is 11.6. The highest BCUT2D eigenvalue weighted by molar-refractivity contribution is 5.76. The van der Waals surface area contributed by atoms with Crippen LogP contribution in [0.25, 0.3) is 0 Å². The number of hydrogen-bond donors (Lipinski definition) is 2. The summed E-state index contributed by atoms with van der Waals surface area (Å²) in [6, 6.07) is 8.69. The van der Waals surface area contributed by atoms with Crippen molar-refractivity contribution in [2.24, 2.45) is 5.73 Å². The minimum absolute atomic E-state index is 0.0629. The Hall–Kier alpha value is -1.39. The Morgan fingerprint density at radius 3 is 2.84 bits per heavy atom. The molecule has 0 aromatic heterocycles. The minimum Gasteiger partial charge on any atom is -0.359 e. The zero-order chi connectivity index (χ0) is 13.7. The van der Waals surface area contributed by atoms with Gasteiger partial charge in [0.2, 0.25) is 5.91 Å². The maximum atomic E-state index is 11.6. The van der Waals surface area contributed by atoms with Crippen LogP contribution < -0.4 is 11.1 Å². The normalized spacial score (nSPS) is 17.4. The molecule has 4 heteroatoms. The fraction of sp³-hybridized carbons (Fsp3) is 0.533. The second kappa shape index (κ2) is 6.68. The van der Waals surface area contributed by atoms with Crippen LogP contribution in [0.1, 0.15) is 24.0 Å². The van der Waals surface area contributed by atoms with Crippen LogP contribution in [0.15, 0.2) is 24.3 Å². The third-order valence-corrected chi connectivity index (χ3v) is 3.87. The number of fused-ring (bicyclic) bond motifs is 1. The molecule has 0 spiro atoms. The van der Waals surface area contributed by atoms with Crippen LogP contribution in [0.3, 0.4) is 0 Å². The van der Waals surface area contributed by atoms with E-state index in [-0.39, 0.29) is 11.9 Å². The molecule has 1 aliphatic rings. The number of amides is 1. The van der Waals surface area contributed by atoms with E-state index < -0.39 is 0 Å². The van der Waals surface area contributed by atoms with Gasteiger partial charge in [-0.2, -0.15) is 0 Å². The van der Waals surface area contributed by atoms with Crippen LogP contribution in [-0.2, 0) is 17.8 Å². The summed E-state index contributed by atoms with van der Waals surface area (Å²) in [5.41, 5.74) is 8.66. The van der Waals surface area contributed by atoms with E-state index in [1.54, 1.807) is 7.05 Å². The smallest absolute Gasteiger partial charge is 0.221 e. The quantitative estimate of drug-likeness (QED) is 0.846. The lowest BCUT2D eigenvalue weighted by atomic mass is 10.0. The first-order valence-corrected chi connectivity index (χ1v) is 6.96. The summed E-state index contributed by atoms with van der Waals surface area (Å²) in [6.07, 6.45) is 2.72. The third kappa shape index (κ3) is 3.55. The fourth-order valence-electron chi connectivity index (χ4n) is 2.72. The highest BCUT2D eigenvalue weighted by atomic mass is 16.1. The number of carbonyl (C=O) groups is 1. The Morgan fingerprint density at radius 2 is 2.16 bits per heavy atom. The zero-order valence-corrected chi connectivity index (χ0v) is 11.6. The van der Waals surface area contributed by atoms with Crippen molar-refractivity contribution in [3.05, 3.63) is 35.4 Å². The van der Waals surface area contributed by atoms with Crippen molar-refractivity contribution in [2.75, 3.05) is 20.1 Å². The number of aryl methyl sites for hydroxylation is 1. The molecule has 0 saturated heterocycles. The number of rotatable bonds is 4. The molecule has 104 valence electrons. The lowest BCUT2D eigenvalue weighted by Crippen LogP contribution is -2.43. The van der Waals surface area contributed by atoms with Crippen molar-refractivity contribution >= 4 is 5.91 Å². The predicted molar refractivity (Wildman–Crippen MR) is 76.7 cm³/mol. The third-order valence-electron chi connectivity index (χ3n) is 3.87. The second-order valence-corrected chi connectivity index (χ2v) is 5.11. The monoisotopic (exact) mass is 261 g/mol. The first-order valence-electron chi connectivity index (χ1n) is 6.96. The lowest BCUT2D eigenvalue weighted by Gasteiger charge is -2.29. The summed E-state index contributed by atoms with van der Waals surface area (Å²) in [5, 5.41) is 2.68. The molecule has 0 radical (unpaired) electrons. The lowest BCUT2D eigenvalue weighted by molar-refractivity contribution is -0.121. The van der Waals surface area contributed by atoms with Crippen LogP contribution in [0.4, 0.5) is 0 Å². The number of benzene rings is 1. The van der Waals surface area contributed by atoms with E-state index >= 15 is 0 Å². The molecule has 1 amide bonds. The molecule has 0 saturated carbocycles. The van der Waals surface area contributed by atoms with Crippen molar-refractivity contribution in [3.8, 4) is 0 Å². The van der Waals surface area contributed by atoms with Crippen molar-refractivity contribution in [3.63, 3.8) is 0 Å². The molecule has 19 heavy (non-hydrogen) atoms. The molecule has 1 atom stereocenters. The van der Waals surface area contributed by atoms with E-state index in [9.17, 15) is 4.79 Å². The molecule has 0 aliphatic carbocycles. The highest BCUT2D eigenvalue weighted by Crippen LogP contribution is 2.20. The van der Waals surface area contributed by atoms with Gasteiger partial charge in [-0.25, -0.2) is 0 Å². The Balaban J connectivity index is 2.09. The molecule has 2 rings (SSSR count). The van der Waals surface area contributed by atoms with Crippen LogP contribution in [0, 0.1) is 0 Å². The van der Waals surface area contributed by atoms with Gasteiger partial charge in [0.05, 0.1) is 0 Å². The van der Waals surface area contributed by atoms with Gasteiger partial charge in [-0.15, -0.1) is 0 Å². The molecule has 0 fully saturated rings. The van der Waals surface area contributed by atoms with Gasteiger partial charge in [0, 0.05) is 32.6 Å². The Labute approximate surface area is 115 Å². The molecule has 1 aliphatic heterocycles. The zero-order valence-electron chi connectivity index (χ0n) is 11.6. The second-order valence-electron chi connectivity index (χ2n) is 5.11. The summed E-state index contributed by atoms with van der Waals surface area (Å²) in [4.78, 5) is 13.9. The molecular formula is C15H23N3O. The Bertz CT molecular complexity index is 433. The first-order chi connectivity index (χ1) is 9.24. The van der Waals surface area contributed by atoms with Crippen molar-refractivity contribution in [1.29, 1.82) is 0 Å². The van der Waals surface area contributed by atoms with Crippen molar-refractivity contribution in [1.82, 2.24) is 10.2 Å². The fourth-order valence-corrected chi connectivity index (χ4v) is 2.72. The summed E-state index contributed by atoms with van der Waals surface area (Å²) in [5.74, 6) is 0.0629. The standard InChI is InChI=1S/C15H23N3O/c1-17-15(19)9-14(10-16)18-8-4-7-12-5-2-3-6-13(12)11-18/h2-3,5-6,14H,4,7-11,16H2,1H3,(H,17,19). The van der Waals surface area contributed by atoms with Gasteiger partial charge in [-0.1, -0.05) is 24.3 Å². The Morgan fingerprint density at radius 1 is 1.42 bits per heavy atom. The van der Waals surface area contributed by atoms with Crippen LogP contribution in [0.5, 0.6) is 0 Å². The van der Waals surface area contributed by atoms with Crippen molar-refractivity contribution in [2.45, 2.75) is 31.8 Å². The SMILES string of the molecule is CNC(=O)CC(CN)N1CCCc2ccccc2C1. The average molecular weight is 261 g/mol. The summed E-state index contributed by atoms with van der Waals surface area (Å²) in [6.45, 7) is 2.43. The Kier molecular flexibility index (Phi) is 4.93. The average Bonchev–Trinajstić information content (AvgIpc) is 2.66. The molecule has 4 nitrogen and oxygen atoms in total. The van der Waals surface area contributed by atoms with Gasteiger partial charge >= 0.3 is 0 Å². The predicted octanol–water partition coefficient (Wildman–Crippen LogP) is 0.898. The molecule has 1 unspecified atom stereocenters.